The molecule has 3 heteroatoms. The van der Waals surface area contributed by atoms with Gasteiger partial charge in [-0.15, -0.1) is 0 Å². The SMILES string of the molecule is CCCNCc1c(CN(C)CCC)oc2ccccc12. The molecule has 0 bridgehead atoms. The number of rotatable bonds is 8. The molecule has 0 amide bonds. The average Bonchev–Trinajstić information content (AvgIpc) is 2.77. The van der Waals surface area contributed by atoms with Gasteiger partial charge in [0.05, 0.1) is 6.54 Å². The molecule has 1 heterocycles. The van der Waals surface area contributed by atoms with Crippen LogP contribution in [0.4, 0.5) is 0 Å². The van der Waals surface area contributed by atoms with Gasteiger partial charge in [0.15, 0.2) is 0 Å². The summed E-state index contributed by atoms with van der Waals surface area (Å²) in [5.41, 5.74) is 2.32. The topological polar surface area (TPSA) is 28.4 Å². The Balaban J connectivity index is 2.23. The van der Waals surface area contributed by atoms with Crippen LogP contribution in [-0.2, 0) is 13.1 Å². The number of nitrogens with one attached hydrogen (secondary N) is 1. The third kappa shape index (κ3) is 3.62. The van der Waals surface area contributed by atoms with Crippen LogP contribution >= 0.6 is 0 Å². The van der Waals surface area contributed by atoms with Crippen LogP contribution in [0.15, 0.2) is 28.7 Å². The highest BCUT2D eigenvalue weighted by molar-refractivity contribution is 5.82. The van der Waals surface area contributed by atoms with Crippen LogP contribution in [0.1, 0.15) is 38.0 Å². The van der Waals surface area contributed by atoms with E-state index in [1.165, 1.54) is 17.4 Å². The lowest BCUT2D eigenvalue weighted by molar-refractivity contribution is 0.297. The summed E-state index contributed by atoms with van der Waals surface area (Å²) in [4.78, 5) is 2.32. The zero-order chi connectivity index (χ0) is 14.4. The summed E-state index contributed by atoms with van der Waals surface area (Å²) in [5, 5.41) is 4.74. The first-order valence-electron chi connectivity index (χ1n) is 7.64. The maximum atomic E-state index is 6.07. The number of furan rings is 1. The first-order valence-corrected chi connectivity index (χ1v) is 7.64. The summed E-state index contributed by atoms with van der Waals surface area (Å²) in [7, 11) is 2.15. The van der Waals surface area contributed by atoms with Gasteiger partial charge in [0, 0.05) is 17.5 Å². The van der Waals surface area contributed by atoms with Crippen molar-refractivity contribution in [1.82, 2.24) is 10.2 Å². The summed E-state index contributed by atoms with van der Waals surface area (Å²) in [6.45, 7) is 8.31. The summed E-state index contributed by atoms with van der Waals surface area (Å²) in [6.07, 6.45) is 2.32. The van der Waals surface area contributed by atoms with Gasteiger partial charge in [0.1, 0.15) is 11.3 Å². The van der Waals surface area contributed by atoms with Gasteiger partial charge in [-0.05, 0) is 39.0 Å². The molecule has 0 radical (unpaired) electrons. The maximum Gasteiger partial charge on any atom is 0.134 e. The number of fused-ring (bicyclic) bond motifs is 1. The quantitative estimate of drug-likeness (QED) is 0.743. The van der Waals surface area contributed by atoms with Crippen molar-refractivity contribution < 1.29 is 4.42 Å². The molecule has 0 atom stereocenters. The molecule has 1 aromatic heterocycles. The van der Waals surface area contributed by atoms with E-state index in [2.05, 4.69) is 49.3 Å². The standard InChI is InChI=1S/C17H26N2O/c1-4-10-18-12-15-14-8-6-7-9-16(14)20-17(15)13-19(3)11-5-2/h6-9,18H,4-5,10-13H2,1-3H3. The Morgan fingerprint density at radius 2 is 1.95 bits per heavy atom. The summed E-state index contributed by atoms with van der Waals surface area (Å²) < 4.78 is 6.07. The smallest absolute Gasteiger partial charge is 0.134 e. The predicted molar refractivity (Wildman–Crippen MR) is 84.8 cm³/mol. The first-order chi connectivity index (χ1) is 9.76. The molecule has 0 aliphatic carbocycles. The molecule has 0 aliphatic rings. The predicted octanol–water partition coefficient (Wildman–Crippen LogP) is 3.77. The fraction of sp³-hybridized carbons (Fsp3) is 0.529. The third-order valence-electron chi connectivity index (χ3n) is 3.53. The van der Waals surface area contributed by atoms with Gasteiger partial charge in [0.25, 0.3) is 0 Å². The Kier molecular flexibility index (Phi) is 5.62. The molecule has 0 saturated carbocycles. The Morgan fingerprint density at radius 3 is 2.70 bits per heavy atom. The number of benzene rings is 1. The van der Waals surface area contributed by atoms with E-state index in [1.807, 2.05) is 6.07 Å². The normalized spacial score (nSPS) is 11.6. The van der Waals surface area contributed by atoms with Gasteiger partial charge in [0.2, 0.25) is 0 Å². The maximum absolute atomic E-state index is 6.07. The van der Waals surface area contributed by atoms with Gasteiger partial charge in [-0.2, -0.15) is 0 Å². The molecule has 0 spiro atoms. The largest absolute Gasteiger partial charge is 0.459 e. The minimum absolute atomic E-state index is 0.881. The third-order valence-corrected chi connectivity index (χ3v) is 3.53. The first kappa shape index (κ1) is 15.1. The van der Waals surface area contributed by atoms with Crippen molar-refractivity contribution in [1.29, 1.82) is 0 Å². The molecule has 2 aromatic rings. The van der Waals surface area contributed by atoms with Crippen molar-refractivity contribution >= 4 is 11.0 Å². The summed E-state index contributed by atoms with van der Waals surface area (Å²) in [6, 6.07) is 8.34. The highest BCUT2D eigenvalue weighted by Crippen LogP contribution is 2.26. The molecule has 3 nitrogen and oxygen atoms in total. The second-order valence-electron chi connectivity index (χ2n) is 5.41. The van der Waals surface area contributed by atoms with Gasteiger partial charge in [-0.25, -0.2) is 0 Å². The van der Waals surface area contributed by atoms with Crippen molar-refractivity contribution in [2.24, 2.45) is 0 Å². The van der Waals surface area contributed by atoms with Crippen LogP contribution in [0.2, 0.25) is 0 Å². The van der Waals surface area contributed by atoms with E-state index in [9.17, 15) is 0 Å². The van der Waals surface area contributed by atoms with E-state index < -0.39 is 0 Å². The molecule has 0 unspecified atom stereocenters. The minimum Gasteiger partial charge on any atom is -0.459 e. The molecular weight excluding hydrogens is 248 g/mol. The van der Waals surface area contributed by atoms with Crippen molar-refractivity contribution in [2.45, 2.75) is 39.8 Å². The average molecular weight is 274 g/mol. The lowest BCUT2D eigenvalue weighted by Crippen LogP contribution is -2.20. The molecule has 20 heavy (non-hydrogen) atoms. The Morgan fingerprint density at radius 1 is 1.15 bits per heavy atom. The van der Waals surface area contributed by atoms with Crippen molar-refractivity contribution in [3.8, 4) is 0 Å². The van der Waals surface area contributed by atoms with Crippen LogP contribution < -0.4 is 5.32 Å². The second kappa shape index (κ2) is 7.46. The van der Waals surface area contributed by atoms with Crippen LogP contribution in [0.3, 0.4) is 0 Å². The number of hydrogen-bond donors (Lipinski definition) is 1. The Bertz CT molecular complexity index is 533. The van der Waals surface area contributed by atoms with Gasteiger partial charge in [-0.1, -0.05) is 32.0 Å². The van der Waals surface area contributed by atoms with Crippen LogP contribution in [-0.4, -0.2) is 25.0 Å². The van der Waals surface area contributed by atoms with E-state index in [-0.39, 0.29) is 0 Å². The highest BCUT2D eigenvalue weighted by Gasteiger charge is 2.14. The zero-order valence-corrected chi connectivity index (χ0v) is 12.9. The fourth-order valence-electron chi connectivity index (χ4n) is 2.57. The van der Waals surface area contributed by atoms with Crippen molar-refractivity contribution in [3.63, 3.8) is 0 Å². The fourth-order valence-corrected chi connectivity index (χ4v) is 2.57. The molecule has 110 valence electrons. The number of hydrogen-bond acceptors (Lipinski definition) is 3. The van der Waals surface area contributed by atoms with Gasteiger partial charge >= 0.3 is 0 Å². The minimum atomic E-state index is 0.881. The van der Waals surface area contributed by atoms with E-state index in [0.29, 0.717) is 0 Å². The highest BCUT2D eigenvalue weighted by atomic mass is 16.3. The number of para-hydroxylation sites is 1. The van der Waals surface area contributed by atoms with E-state index >= 15 is 0 Å². The molecule has 1 aromatic carbocycles. The van der Waals surface area contributed by atoms with E-state index in [4.69, 9.17) is 4.42 Å². The van der Waals surface area contributed by atoms with Crippen molar-refractivity contribution in [3.05, 3.63) is 35.6 Å². The molecular formula is C17H26N2O. The molecule has 0 aliphatic heterocycles. The molecule has 2 rings (SSSR count). The molecule has 0 saturated heterocycles. The molecule has 0 fully saturated rings. The van der Waals surface area contributed by atoms with Crippen molar-refractivity contribution in [2.75, 3.05) is 20.1 Å². The summed E-state index contributed by atoms with van der Waals surface area (Å²) in [5.74, 6) is 1.10. The lowest BCUT2D eigenvalue weighted by atomic mass is 10.1. The Labute approximate surface area is 122 Å². The van der Waals surface area contributed by atoms with Gasteiger partial charge in [-0.3, -0.25) is 4.90 Å². The van der Waals surface area contributed by atoms with E-state index in [1.54, 1.807) is 0 Å². The zero-order valence-electron chi connectivity index (χ0n) is 12.9. The molecule has 1 N–H and O–H groups in total. The lowest BCUT2D eigenvalue weighted by Gasteiger charge is -2.14. The van der Waals surface area contributed by atoms with Crippen LogP contribution in [0, 0.1) is 0 Å². The number of nitrogens with zero attached hydrogens (tertiary/aromatic N) is 1. The monoisotopic (exact) mass is 274 g/mol. The second-order valence-corrected chi connectivity index (χ2v) is 5.41. The van der Waals surface area contributed by atoms with E-state index in [0.717, 1.165) is 43.9 Å². The Hall–Kier alpha value is -1.32. The van der Waals surface area contributed by atoms with Crippen LogP contribution in [0.5, 0.6) is 0 Å². The van der Waals surface area contributed by atoms with Crippen LogP contribution in [0.25, 0.3) is 11.0 Å². The summed E-state index contributed by atoms with van der Waals surface area (Å²) >= 11 is 0. The van der Waals surface area contributed by atoms with Gasteiger partial charge < -0.3 is 9.73 Å².